The molecule has 0 radical (unpaired) electrons. The molecular weight excluding hydrogens is 452 g/mol. The zero-order valence-corrected chi connectivity index (χ0v) is 20.6. The largest absolute Gasteiger partial charge is 0.462 e. The van der Waals surface area contributed by atoms with Crippen LogP contribution in [0.25, 0.3) is 11.1 Å². The zero-order chi connectivity index (χ0) is 25.3. The number of esters is 1. The molecule has 1 amide bonds. The van der Waals surface area contributed by atoms with Gasteiger partial charge in [-0.05, 0) is 41.7 Å². The summed E-state index contributed by atoms with van der Waals surface area (Å²) < 4.78 is 5.82. The van der Waals surface area contributed by atoms with Gasteiger partial charge in [-0.3, -0.25) is 14.4 Å². The minimum atomic E-state index is -0.195. The van der Waals surface area contributed by atoms with Gasteiger partial charge in [0.2, 0.25) is 0 Å². The SMILES string of the molecule is CN(CCN1CCC(OC(=O)Cc2ccccc2-c2ccccc2)CC1)C(=O)c1cccc(C=O)c1. The van der Waals surface area contributed by atoms with Gasteiger partial charge in [-0.1, -0.05) is 66.7 Å². The number of hydrogen-bond donors (Lipinski definition) is 0. The van der Waals surface area contributed by atoms with Crippen molar-refractivity contribution in [1.82, 2.24) is 9.80 Å². The average molecular weight is 485 g/mol. The van der Waals surface area contributed by atoms with Crippen LogP contribution in [0.3, 0.4) is 0 Å². The minimum absolute atomic E-state index is 0.0805. The van der Waals surface area contributed by atoms with E-state index in [0.717, 1.165) is 55.5 Å². The van der Waals surface area contributed by atoms with Gasteiger partial charge in [0, 0.05) is 44.4 Å². The quantitative estimate of drug-likeness (QED) is 0.331. The molecular formula is C30H32N2O4. The summed E-state index contributed by atoms with van der Waals surface area (Å²) in [4.78, 5) is 40.3. The molecule has 3 aromatic carbocycles. The Kier molecular flexibility index (Phi) is 8.63. The maximum Gasteiger partial charge on any atom is 0.310 e. The molecule has 1 fully saturated rings. The number of carbonyl (C=O) groups excluding carboxylic acids is 3. The molecule has 186 valence electrons. The van der Waals surface area contributed by atoms with Gasteiger partial charge >= 0.3 is 5.97 Å². The van der Waals surface area contributed by atoms with Crippen LogP contribution in [-0.2, 0) is 16.0 Å². The Morgan fingerprint density at radius 1 is 0.972 bits per heavy atom. The van der Waals surface area contributed by atoms with Crippen molar-refractivity contribution < 1.29 is 19.1 Å². The van der Waals surface area contributed by atoms with Crippen LogP contribution in [0.15, 0.2) is 78.9 Å². The van der Waals surface area contributed by atoms with Crippen molar-refractivity contribution in [3.8, 4) is 11.1 Å². The van der Waals surface area contributed by atoms with Crippen LogP contribution in [0.5, 0.6) is 0 Å². The van der Waals surface area contributed by atoms with E-state index in [1.807, 2.05) is 54.6 Å². The first-order chi connectivity index (χ1) is 17.5. The van der Waals surface area contributed by atoms with E-state index in [9.17, 15) is 14.4 Å². The lowest BCUT2D eigenvalue weighted by Gasteiger charge is -2.32. The second-order valence-corrected chi connectivity index (χ2v) is 9.20. The molecule has 0 saturated carbocycles. The molecule has 1 saturated heterocycles. The summed E-state index contributed by atoms with van der Waals surface area (Å²) in [5, 5.41) is 0. The molecule has 3 aromatic rings. The third kappa shape index (κ3) is 6.67. The van der Waals surface area contributed by atoms with Crippen LogP contribution >= 0.6 is 0 Å². The van der Waals surface area contributed by atoms with Crippen LogP contribution in [-0.4, -0.2) is 67.3 Å². The van der Waals surface area contributed by atoms with Gasteiger partial charge in [-0.15, -0.1) is 0 Å². The molecule has 4 rings (SSSR count). The fourth-order valence-electron chi connectivity index (χ4n) is 4.57. The van der Waals surface area contributed by atoms with Crippen molar-refractivity contribution >= 4 is 18.2 Å². The minimum Gasteiger partial charge on any atom is -0.462 e. The summed E-state index contributed by atoms with van der Waals surface area (Å²) in [6.45, 7) is 2.98. The number of nitrogens with zero attached hydrogens (tertiary/aromatic N) is 2. The van der Waals surface area contributed by atoms with E-state index < -0.39 is 0 Å². The molecule has 6 nitrogen and oxygen atoms in total. The Bertz CT molecular complexity index is 1190. The number of likely N-dealkylation sites (N-methyl/N-ethyl adjacent to an activating group) is 1. The van der Waals surface area contributed by atoms with Crippen molar-refractivity contribution in [3.05, 3.63) is 95.6 Å². The number of benzene rings is 3. The Balaban J connectivity index is 1.22. The first-order valence-electron chi connectivity index (χ1n) is 12.4. The Labute approximate surface area is 212 Å². The average Bonchev–Trinajstić information content (AvgIpc) is 2.93. The van der Waals surface area contributed by atoms with E-state index in [0.29, 0.717) is 17.7 Å². The highest BCUT2D eigenvalue weighted by Crippen LogP contribution is 2.24. The van der Waals surface area contributed by atoms with Crippen molar-refractivity contribution in [2.75, 3.05) is 33.2 Å². The Morgan fingerprint density at radius 2 is 1.69 bits per heavy atom. The predicted octanol–water partition coefficient (Wildman–Crippen LogP) is 4.49. The van der Waals surface area contributed by atoms with E-state index in [4.69, 9.17) is 4.74 Å². The summed E-state index contributed by atoms with van der Waals surface area (Å²) in [5.41, 5.74) is 4.13. The smallest absolute Gasteiger partial charge is 0.310 e. The number of amides is 1. The Morgan fingerprint density at radius 3 is 2.44 bits per heavy atom. The molecule has 36 heavy (non-hydrogen) atoms. The van der Waals surface area contributed by atoms with Gasteiger partial charge in [0.05, 0.1) is 6.42 Å². The number of rotatable bonds is 9. The van der Waals surface area contributed by atoms with Gasteiger partial charge in [-0.25, -0.2) is 0 Å². The molecule has 1 heterocycles. The highest BCUT2D eigenvalue weighted by Gasteiger charge is 2.23. The number of carbonyl (C=O) groups is 3. The molecule has 0 aromatic heterocycles. The molecule has 0 bridgehead atoms. The topological polar surface area (TPSA) is 66.9 Å². The number of aldehydes is 1. The van der Waals surface area contributed by atoms with Crippen molar-refractivity contribution in [2.45, 2.75) is 25.4 Å². The number of piperidine rings is 1. The molecule has 0 N–H and O–H groups in total. The fourth-order valence-corrected chi connectivity index (χ4v) is 4.57. The highest BCUT2D eigenvalue weighted by molar-refractivity contribution is 5.95. The molecule has 0 atom stereocenters. The number of hydrogen-bond acceptors (Lipinski definition) is 5. The lowest BCUT2D eigenvalue weighted by molar-refractivity contribution is -0.150. The molecule has 6 heteroatoms. The molecule has 0 unspecified atom stereocenters. The van der Waals surface area contributed by atoms with E-state index in [1.54, 1.807) is 36.2 Å². The molecule has 1 aliphatic heterocycles. The van der Waals surface area contributed by atoms with Gasteiger partial charge < -0.3 is 14.5 Å². The first kappa shape index (κ1) is 25.3. The van der Waals surface area contributed by atoms with Gasteiger partial charge in [0.25, 0.3) is 5.91 Å². The summed E-state index contributed by atoms with van der Waals surface area (Å²) >= 11 is 0. The second-order valence-electron chi connectivity index (χ2n) is 9.20. The van der Waals surface area contributed by atoms with Crippen molar-refractivity contribution in [2.24, 2.45) is 0 Å². The molecule has 0 aliphatic carbocycles. The lowest BCUT2D eigenvalue weighted by Crippen LogP contribution is -2.42. The summed E-state index contributed by atoms with van der Waals surface area (Å²) in [6.07, 6.45) is 2.48. The number of likely N-dealkylation sites (tertiary alicyclic amines) is 1. The van der Waals surface area contributed by atoms with Gasteiger partial charge in [0.1, 0.15) is 12.4 Å². The second kappa shape index (κ2) is 12.3. The first-order valence-corrected chi connectivity index (χ1v) is 12.4. The van der Waals surface area contributed by atoms with Crippen molar-refractivity contribution in [1.29, 1.82) is 0 Å². The summed E-state index contributed by atoms with van der Waals surface area (Å²) in [5.74, 6) is -0.294. The maximum atomic E-state index is 12.7. The van der Waals surface area contributed by atoms with E-state index >= 15 is 0 Å². The third-order valence-electron chi connectivity index (χ3n) is 6.64. The number of ether oxygens (including phenoxy) is 1. The molecule has 0 spiro atoms. The standard InChI is InChI=1S/C30H32N2O4/c1-31(30(35)26-12-7-8-23(20-26)22-33)18-19-32-16-14-27(15-17-32)36-29(34)21-25-11-5-6-13-28(25)24-9-3-2-4-10-24/h2-13,20,22,27H,14-19,21H2,1H3. The van der Waals surface area contributed by atoms with Crippen LogP contribution in [0.2, 0.25) is 0 Å². The highest BCUT2D eigenvalue weighted by atomic mass is 16.5. The lowest BCUT2D eigenvalue weighted by atomic mass is 9.98. The van der Waals surface area contributed by atoms with Crippen LogP contribution in [0, 0.1) is 0 Å². The van der Waals surface area contributed by atoms with Gasteiger partial charge in [0.15, 0.2) is 0 Å². The third-order valence-corrected chi connectivity index (χ3v) is 6.64. The Hall–Kier alpha value is -3.77. The van der Waals surface area contributed by atoms with Crippen LogP contribution < -0.4 is 0 Å². The van der Waals surface area contributed by atoms with Crippen LogP contribution in [0.4, 0.5) is 0 Å². The van der Waals surface area contributed by atoms with Gasteiger partial charge in [-0.2, -0.15) is 0 Å². The monoisotopic (exact) mass is 484 g/mol. The maximum absolute atomic E-state index is 12.7. The zero-order valence-electron chi connectivity index (χ0n) is 20.6. The molecule has 1 aliphatic rings. The van der Waals surface area contributed by atoms with Crippen LogP contribution in [0.1, 0.15) is 39.1 Å². The summed E-state index contributed by atoms with van der Waals surface area (Å²) in [7, 11) is 1.78. The van der Waals surface area contributed by atoms with E-state index in [-0.39, 0.29) is 24.4 Å². The summed E-state index contributed by atoms with van der Waals surface area (Å²) in [6, 6.07) is 24.8. The fraction of sp³-hybridized carbons (Fsp3) is 0.300. The predicted molar refractivity (Wildman–Crippen MR) is 140 cm³/mol. The normalized spacial score (nSPS) is 14.2. The van der Waals surface area contributed by atoms with Crippen molar-refractivity contribution in [3.63, 3.8) is 0 Å². The van der Waals surface area contributed by atoms with E-state index in [2.05, 4.69) is 4.90 Å². The van der Waals surface area contributed by atoms with E-state index in [1.165, 1.54) is 0 Å².